The van der Waals surface area contributed by atoms with Gasteiger partial charge in [0.15, 0.2) is 0 Å². The van der Waals surface area contributed by atoms with Gasteiger partial charge in [0, 0.05) is 5.56 Å². The van der Waals surface area contributed by atoms with Gasteiger partial charge in [-0.1, -0.05) is 13.8 Å². The molecule has 2 atom stereocenters. The Kier molecular flexibility index (Phi) is 6.73. The molecule has 0 aromatic heterocycles. The summed E-state index contributed by atoms with van der Waals surface area (Å²) in [4.78, 5) is 0. The van der Waals surface area contributed by atoms with Crippen molar-refractivity contribution in [3.63, 3.8) is 0 Å². The van der Waals surface area contributed by atoms with Gasteiger partial charge in [0.05, 0.1) is 12.1 Å². The Morgan fingerprint density at radius 1 is 1.25 bits per heavy atom. The number of halogens is 5. The second kappa shape index (κ2) is 7.10. The lowest BCUT2D eigenvalue weighted by molar-refractivity contribution is -0.274. The van der Waals surface area contributed by atoms with E-state index in [4.69, 9.17) is 5.73 Å². The Labute approximate surface area is 120 Å². The number of nitrogens with two attached hydrogens (primary N) is 1. The molecule has 0 saturated carbocycles. The van der Waals surface area contributed by atoms with Crippen LogP contribution in [0.1, 0.15) is 25.5 Å². The first-order chi connectivity index (χ1) is 8.61. The van der Waals surface area contributed by atoms with Gasteiger partial charge in [-0.05, 0) is 24.1 Å². The maximum absolute atomic E-state index is 13.5. The molecular weight excluding hydrogens is 302 g/mol. The van der Waals surface area contributed by atoms with E-state index in [-0.39, 0.29) is 23.9 Å². The van der Waals surface area contributed by atoms with Crippen LogP contribution in [0, 0.1) is 11.7 Å². The minimum atomic E-state index is -4.87. The maximum Gasteiger partial charge on any atom is 0.573 e. The lowest BCUT2D eigenvalue weighted by Crippen LogP contribution is -2.31. The fraction of sp³-hybridized carbons (Fsp3) is 0.500. The molecule has 116 valence electrons. The third-order valence-electron chi connectivity index (χ3n) is 2.61. The molecule has 0 aliphatic heterocycles. The normalized spacial score (nSPS) is 14.7. The minimum absolute atomic E-state index is 0. The van der Waals surface area contributed by atoms with E-state index in [1.807, 2.05) is 0 Å². The summed E-state index contributed by atoms with van der Waals surface area (Å²) in [6, 6.07) is 1.39. The van der Waals surface area contributed by atoms with Gasteiger partial charge in [-0.3, -0.25) is 0 Å². The smallest absolute Gasteiger partial charge is 0.406 e. The van der Waals surface area contributed by atoms with Crippen molar-refractivity contribution < 1.29 is 27.4 Å². The molecule has 0 fully saturated rings. The fourth-order valence-electron chi connectivity index (χ4n) is 1.57. The topological polar surface area (TPSA) is 55.5 Å². The highest BCUT2D eigenvalue weighted by Gasteiger charge is 2.32. The Morgan fingerprint density at radius 3 is 2.25 bits per heavy atom. The van der Waals surface area contributed by atoms with Crippen LogP contribution in [-0.2, 0) is 0 Å². The second-order valence-corrected chi connectivity index (χ2v) is 4.49. The highest BCUT2D eigenvalue weighted by Crippen LogP contribution is 2.29. The second-order valence-electron chi connectivity index (χ2n) is 4.49. The number of aliphatic hydroxyl groups excluding tert-OH is 1. The van der Waals surface area contributed by atoms with Crippen molar-refractivity contribution in [3.8, 4) is 5.75 Å². The van der Waals surface area contributed by atoms with Gasteiger partial charge in [0.1, 0.15) is 11.6 Å². The third kappa shape index (κ3) is 5.15. The zero-order valence-electron chi connectivity index (χ0n) is 10.8. The Bertz CT molecular complexity index is 440. The van der Waals surface area contributed by atoms with Crippen LogP contribution in [0.25, 0.3) is 0 Å². The number of hydrogen-bond donors (Lipinski definition) is 2. The van der Waals surface area contributed by atoms with Gasteiger partial charge in [-0.25, -0.2) is 4.39 Å². The lowest BCUT2D eigenvalue weighted by Gasteiger charge is -2.23. The molecule has 3 N–H and O–H groups in total. The molecule has 8 heteroatoms. The molecule has 0 spiro atoms. The van der Waals surface area contributed by atoms with Gasteiger partial charge in [-0.15, -0.1) is 25.6 Å². The van der Waals surface area contributed by atoms with Crippen molar-refractivity contribution in [3.05, 3.63) is 29.6 Å². The molecule has 1 aromatic carbocycles. The maximum atomic E-state index is 13.5. The highest BCUT2D eigenvalue weighted by molar-refractivity contribution is 5.85. The predicted molar refractivity (Wildman–Crippen MR) is 68.1 cm³/mol. The number of aliphatic hydroxyl groups is 1. The van der Waals surface area contributed by atoms with E-state index in [2.05, 4.69) is 4.74 Å². The Hall–Kier alpha value is -1.05. The number of benzene rings is 1. The summed E-state index contributed by atoms with van der Waals surface area (Å²) in [6.45, 7) is 3.33. The molecule has 0 aliphatic rings. The van der Waals surface area contributed by atoms with Crippen LogP contribution in [0.4, 0.5) is 17.6 Å². The first-order valence-electron chi connectivity index (χ1n) is 5.60. The Balaban J connectivity index is 0.00000361. The summed E-state index contributed by atoms with van der Waals surface area (Å²) in [6.07, 6.45) is -5.94. The summed E-state index contributed by atoms with van der Waals surface area (Å²) in [5.41, 5.74) is 5.43. The summed E-state index contributed by atoms with van der Waals surface area (Å²) >= 11 is 0. The molecule has 0 bridgehead atoms. The summed E-state index contributed by atoms with van der Waals surface area (Å²) in [5.74, 6) is -1.63. The molecular formula is C12H16ClF4NO2. The minimum Gasteiger partial charge on any atom is -0.406 e. The SMILES string of the molecule is CC(C)[C@@H](O)[C@@H](N)c1cc(OC(F)(F)F)ccc1F.Cl. The van der Waals surface area contributed by atoms with E-state index in [0.717, 1.165) is 18.2 Å². The van der Waals surface area contributed by atoms with Crippen LogP contribution in [0.2, 0.25) is 0 Å². The zero-order valence-corrected chi connectivity index (χ0v) is 11.6. The molecule has 0 unspecified atom stereocenters. The van der Waals surface area contributed by atoms with E-state index in [1.54, 1.807) is 13.8 Å². The van der Waals surface area contributed by atoms with Gasteiger partial charge in [0.25, 0.3) is 0 Å². The molecule has 0 amide bonds. The summed E-state index contributed by atoms with van der Waals surface area (Å²) in [7, 11) is 0. The van der Waals surface area contributed by atoms with E-state index in [0.29, 0.717) is 0 Å². The molecule has 0 radical (unpaired) electrons. The van der Waals surface area contributed by atoms with Crippen molar-refractivity contribution in [2.45, 2.75) is 32.4 Å². The molecule has 0 saturated heterocycles. The molecule has 1 rings (SSSR count). The average Bonchev–Trinajstić information content (AvgIpc) is 2.27. The van der Waals surface area contributed by atoms with Gasteiger partial charge >= 0.3 is 6.36 Å². The van der Waals surface area contributed by atoms with Crippen LogP contribution >= 0.6 is 12.4 Å². The van der Waals surface area contributed by atoms with Crippen LogP contribution < -0.4 is 10.5 Å². The van der Waals surface area contributed by atoms with E-state index >= 15 is 0 Å². The number of alkyl halides is 3. The first kappa shape index (κ1) is 18.9. The standard InChI is InChI=1S/C12H15F4NO2.ClH/c1-6(2)11(18)10(17)8-5-7(3-4-9(8)13)19-12(14,15)16;/h3-6,10-11,18H,17H2,1-2H3;1H/t10-,11+;/m0./s1. The monoisotopic (exact) mass is 317 g/mol. The number of ether oxygens (including phenoxy) is 1. The largest absolute Gasteiger partial charge is 0.573 e. The lowest BCUT2D eigenvalue weighted by atomic mass is 9.94. The number of hydrogen-bond acceptors (Lipinski definition) is 3. The van der Waals surface area contributed by atoms with E-state index in [9.17, 15) is 22.7 Å². The average molecular weight is 318 g/mol. The first-order valence-corrected chi connectivity index (χ1v) is 5.60. The quantitative estimate of drug-likeness (QED) is 0.839. The van der Waals surface area contributed by atoms with Gasteiger partial charge < -0.3 is 15.6 Å². The third-order valence-corrected chi connectivity index (χ3v) is 2.61. The van der Waals surface area contributed by atoms with E-state index in [1.165, 1.54) is 0 Å². The van der Waals surface area contributed by atoms with Crippen molar-refractivity contribution in [1.82, 2.24) is 0 Å². The predicted octanol–water partition coefficient (Wildman–Crippen LogP) is 3.16. The van der Waals surface area contributed by atoms with Gasteiger partial charge in [0.2, 0.25) is 0 Å². The summed E-state index contributed by atoms with van der Waals surface area (Å²) < 4.78 is 53.4. The van der Waals surface area contributed by atoms with Crippen LogP contribution in [0.15, 0.2) is 18.2 Å². The van der Waals surface area contributed by atoms with Gasteiger partial charge in [-0.2, -0.15) is 0 Å². The van der Waals surface area contributed by atoms with Crippen molar-refractivity contribution >= 4 is 12.4 Å². The van der Waals surface area contributed by atoms with Crippen LogP contribution in [0.3, 0.4) is 0 Å². The van der Waals surface area contributed by atoms with Crippen molar-refractivity contribution in [2.75, 3.05) is 0 Å². The molecule has 0 aliphatic carbocycles. The summed E-state index contributed by atoms with van der Waals surface area (Å²) in [5, 5.41) is 9.74. The number of rotatable bonds is 4. The molecule has 20 heavy (non-hydrogen) atoms. The fourth-order valence-corrected chi connectivity index (χ4v) is 1.57. The molecule has 1 aromatic rings. The zero-order chi connectivity index (χ0) is 14.8. The van der Waals surface area contributed by atoms with Crippen LogP contribution in [0.5, 0.6) is 5.75 Å². The van der Waals surface area contributed by atoms with Crippen LogP contribution in [-0.4, -0.2) is 17.6 Å². The highest BCUT2D eigenvalue weighted by atomic mass is 35.5. The van der Waals surface area contributed by atoms with E-state index < -0.39 is 30.1 Å². The van der Waals surface area contributed by atoms with Crippen molar-refractivity contribution in [2.24, 2.45) is 11.7 Å². The Morgan fingerprint density at radius 2 is 1.80 bits per heavy atom. The van der Waals surface area contributed by atoms with Crippen molar-refractivity contribution in [1.29, 1.82) is 0 Å². The molecule has 0 heterocycles. The molecule has 3 nitrogen and oxygen atoms in total.